The fourth-order valence-corrected chi connectivity index (χ4v) is 6.10. The summed E-state index contributed by atoms with van der Waals surface area (Å²) in [5.41, 5.74) is 9.74. The second-order valence-corrected chi connectivity index (χ2v) is 13.8. The maximum Gasteiger partial charge on any atom is 0.0977 e. The summed E-state index contributed by atoms with van der Waals surface area (Å²) in [5.74, 6) is 0. The minimum atomic E-state index is -0.200. The number of anilines is 1. The van der Waals surface area contributed by atoms with Crippen molar-refractivity contribution in [2.45, 2.75) is 71.8 Å². The van der Waals surface area contributed by atoms with Gasteiger partial charge in [0.05, 0.1) is 17.3 Å². The standard InChI is InChI=1S/C40H44N4/c1-39(2,3)41-25-33-31-21-13-15-23-35(31)43(27-29-17-9-7-10-18-29)37(33)38-34(26-42-40(4,5)6)32-22-14-16-24-36(32)44(38)28-30-19-11-8-12-20-30/h7-26,37,41H,27-28H2,1-6H3/b33-25+,42-26?. The SMILES string of the molecule is CC(C)(C)N=Cc1c(C2/C(=C/NC(C)(C)C)c3ccccc3N2Cc2ccccc2)n(Cc2ccccc2)c2ccccc12. The first-order chi connectivity index (χ1) is 21.1. The van der Waals surface area contributed by atoms with E-state index in [1.807, 2.05) is 0 Å². The van der Waals surface area contributed by atoms with Crippen molar-refractivity contribution in [3.63, 3.8) is 0 Å². The Kier molecular flexibility index (Phi) is 7.94. The van der Waals surface area contributed by atoms with E-state index >= 15 is 0 Å². The average molecular weight is 581 g/mol. The number of rotatable bonds is 7. The van der Waals surface area contributed by atoms with Crippen LogP contribution >= 0.6 is 0 Å². The van der Waals surface area contributed by atoms with Gasteiger partial charge < -0.3 is 14.8 Å². The second-order valence-electron chi connectivity index (χ2n) is 13.8. The van der Waals surface area contributed by atoms with E-state index < -0.39 is 0 Å². The Balaban J connectivity index is 1.66. The molecule has 0 spiro atoms. The molecule has 0 radical (unpaired) electrons. The summed E-state index contributed by atoms with van der Waals surface area (Å²) in [7, 11) is 0. The first-order valence-electron chi connectivity index (χ1n) is 15.7. The molecule has 6 rings (SSSR count). The van der Waals surface area contributed by atoms with Crippen LogP contribution in [0.4, 0.5) is 5.69 Å². The Morgan fingerprint density at radius 1 is 0.705 bits per heavy atom. The van der Waals surface area contributed by atoms with Crippen molar-refractivity contribution < 1.29 is 0 Å². The second kappa shape index (κ2) is 11.8. The molecule has 0 aliphatic carbocycles. The third-order valence-electron chi connectivity index (χ3n) is 8.06. The van der Waals surface area contributed by atoms with Gasteiger partial charge in [0.1, 0.15) is 0 Å². The van der Waals surface area contributed by atoms with Gasteiger partial charge in [-0.2, -0.15) is 0 Å². The van der Waals surface area contributed by atoms with E-state index in [0.29, 0.717) is 0 Å². The number of nitrogens with one attached hydrogen (secondary N) is 1. The number of hydrogen-bond acceptors (Lipinski definition) is 3. The maximum absolute atomic E-state index is 5.11. The highest BCUT2D eigenvalue weighted by Gasteiger charge is 2.39. The third kappa shape index (κ3) is 6.21. The maximum atomic E-state index is 5.11. The van der Waals surface area contributed by atoms with E-state index in [1.54, 1.807) is 0 Å². The van der Waals surface area contributed by atoms with Gasteiger partial charge in [0.15, 0.2) is 0 Å². The molecule has 0 saturated carbocycles. The van der Waals surface area contributed by atoms with Crippen LogP contribution in [0.5, 0.6) is 0 Å². The molecule has 1 aromatic heterocycles. The van der Waals surface area contributed by atoms with Crippen molar-refractivity contribution in [3.8, 4) is 0 Å². The van der Waals surface area contributed by atoms with Crippen LogP contribution in [0.15, 0.2) is 120 Å². The Morgan fingerprint density at radius 2 is 1.30 bits per heavy atom. The van der Waals surface area contributed by atoms with Crippen LogP contribution in [-0.4, -0.2) is 21.9 Å². The van der Waals surface area contributed by atoms with Gasteiger partial charge in [0, 0.05) is 64.3 Å². The van der Waals surface area contributed by atoms with Crippen LogP contribution in [0.25, 0.3) is 16.5 Å². The molecule has 224 valence electrons. The van der Waals surface area contributed by atoms with Crippen LogP contribution in [-0.2, 0) is 13.1 Å². The molecular formula is C40H44N4. The Morgan fingerprint density at radius 3 is 1.95 bits per heavy atom. The largest absolute Gasteiger partial charge is 0.386 e. The molecule has 1 atom stereocenters. The van der Waals surface area contributed by atoms with Crippen LogP contribution in [0.2, 0.25) is 0 Å². The molecule has 1 N–H and O–H groups in total. The van der Waals surface area contributed by atoms with Crippen molar-refractivity contribution in [2.75, 3.05) is 4.90 Å². The van der Waals surface area contributed by atoms with E-state index in [0.717, 1.165) is 13.1 Å². The Bertz CT molecular complexity index is 1800. The number of fused-ring (bicyclic) bond motifs is 2. The van der Waals surface area contributed by atoms with Crippen LogP contribution in [0.3, 0.4) is 0 Å². The Hall–Kier alpha value is -4.57. The number of hydrogen-bond donors (Lipinski definition) is 1. The van der Waals surface area contributed by atoms with Crippen LogP contribution in [0, 0.1) is 0 Å². The lowest BCUT2D eigenvalue weighted by Crippen LogP contribution is -2.32. The highest BCUT2D eigenvalue weighted by Crippen LogP contribution is 2.51. The van der Waals surface area contributed by atoms with E-state index in [1.165, 1.54) is 50.1 Å². The lowest BCUT2D eigenvalue weighted by molar-refractivity contribution is 0.491. The predicted molar refractivity (Wildman–Crippen MR) is 188 cm³/mol. The normalized spacial score (nSPS) is 16.3. The third-order valence-corrected chi connectivity index (χ3v) is 8.06. The summed E-state index contributed by atoms with van der Waals surface area (Å²) in [6, 6.07) is 39.3. The first-order valence-corrected chi connectivity index (χ1v) is 15.7. The molecule has 2 heterocycles. The zero-order valence-corrected chi connectivity index (χ0v) is 26.9. The monoisotopic (exact) mass is 580 g/mol. The van der Waals surface area contributed by atoms with Crippen molar-refractivity contribution in [1.82, 2.24) is 9.88 Å². The molecule has 1 aliphatic rings. The topological polar surface area (TPSA) is 32.6 Å². The van der Waals surface area contributed by atoms with Gasteiger partial charge in [-0.05, 0) is 64.8 Å². The molecule has 1 aliphatic heterocycles. The minimum Gasteiger partial charge on any atom is -0.386 e. The summed E-state index contributed by atoms with van der Waals surface area (Å²) in [6.45, 7) is 14.7. The van der Waals surface area contributed by atoms with Gasteiger partial charge in [-0.15, -0.1) is 0 Å². The zero-order valence-electron chi connectivity index (χ0n) is 26.9. The lowest BCUT2D eigenvalue weighted by atomic mass is 9.96. The molecule has 1 unspecified atom stereocenters. The number of nitrogens with zero attached hydrogens (tertiary/aromatic N) is 3. The molecular weight excluding hydrogens is 536 g/mol. The van der Waals surface area contributed by atoms with Gasteiger partial charge in [-0.1, -0.05) is 97.1 Å². The molecule has 0 saturated heterocycles. The molecule has 0 bridgehead atoms. The number of aromatic nitrogens is 1. The molecule has 44 heavy (non-hydrogen) atoms. The number of aliphatic imine (C=N–C) groups is 1. The minimum absolute atomic E-state index is 0.0417. The van der Waals surface area contributed by atoms with Crippen molar-refractivity contribution in [3.05, 3.63) is 143 Å². The van der Waals surface area contributed by atoms with Crippen LogP contribution < -0.4 is 10.2 Å². The smallest absolute Gasteiger partial charge is 0.0977 e. The number of benzene rings is 4. The van der Waals surface area contributed by atoms with Crippen molar-refractivity contribution >= 4 is 28.4 Å². The summed E-state index contributed by atoms with van der Waals surface area (Å²) < 4.78 is 2.54. The molecule has 4 nitrogen and oxygen atoms in total. The Labute approximate surface area is 262 Å². The molecule has 5 aromatic rings. The summed E-state index contributed by atoms with van der Waals surface area (Å²) >= 11 is 0. The highest BCUT2D eigenvalue weighted by atomic mass is 15.2. The molecule has 4 heteroatoms. The van der Waals surface area contributed by atoms with E-state index in [2.05, 4.69) is 178 Å². The van der Waals surface area contributed by atoms with Crippen LogP contribution in [0.1, 0.15) is 75.5 Å². The number of para-hydroxylation sites is 2. The fraction of sp³-hybridized carbons (Fsp3) is 0.275. The van der Waals surface area contributed by atoms with Gasteiger partial charge in [-0.25, -0.2) is 0 Å². The summed E-state index contributed by atoms with van der Waals surface area (Å²) in [5, 5.41) is 4.96. The lowest BCUT2D eigenvalue weighted by Gasteiger charge is -2.31. The fourth-order valence-electron chi connectivity index (χ4n) is 6.10. The molecule has 4 aromatic carbocycles. The average Bonchev–Trinajstić information content (AvgIpc) is 3.46. The highest BCUT2D eigenvalue weighted by molar-refractivity contribution is 6.03. The van der Waals surface area contributed by atoms with Gasteiger partial charge in [0.25, 0.3) is 0 Å². The van der Waals surface area contributed by atoms with E-state index in [4.69, 9.17) is 4.99 Å². The molecule has 0 amide bonds. The van der Waals surface area contributed by atoms with Crippen molar-refractivity contribution in [2.24, 2.45) is 4.99 Å². The quantitative estimate of drug-likeness (QED) is 0.195. The first kappa shape index (κ1) is 29.5. The van der Waals surface area contributed by atoms with Gasteiger partial charge >= 0.3 is 0 Å². The van der Waals surface area contributed by atoms with E-state index in [9.17, 15) is 0 Å². The zero-order chi connectivity index (χ0) is 30.9. The van der Waals surface area contributed by atoms with E-state index in [-0.39, 0.29) is 17.1 Å². The van der Waals surface area contributed by atoms with Crippen molar-refractivity contribution in [1.29, 1.82) is 0 Å². The van der Waals surface area contributed by atoms with Gasteiger partial charge in [0.2, 0.25) is 0 Å². The summed E-state index contributed by atoms with van der Waals surface area (Å²) in [4.78, 5) is 7.69. The van der Waals surface area contributed by atoms with Gasteiger partial charge in [-0.3, -0.25) is 4.99 Å². The predicted octanol–water partition coefficient (Wildman–Crippen LogP) is 9.40. The summed E-state index contributed by atoms with van der Waals surface area (Å²) in [6.07, 6.45) is 4.40. The molecule has 0 fully saturated rings.